The van der Waals surface area contributed by atoms with E-state index in [1.54, 1.807) is 26.8 Å². The van der Waals surface area contributed by atoms with E-state index >= 15 is 0 Å². The summed E-state index contributed by atoms with van der Waals surface area (Å²) in [7, 11) is 0. The summed E-state index contributed by atoms with van der Waals surface area (Å²) in [6.45, 7) is 5.48. The number of carbonyl (C=O) groups excluding carboxylic acids is 1. The minimum Gasteiger partial charge on any atom is -0.466 e. The second-order valence-corrected chi connectivity index (χ2v) is 3.74. The number of aryl methyl sites for hydroxylation is 3. The van der Waals surface area contributed by atoms with Crippen molar-refractivity contribution >= 4 is 5.91 Å². The fourth-order valence-electron chi connectivity index (χ4n) is 1.52. The molecule has 0 aliphatic carbocycles. The molecule has 0 saturated carbocycles. The van der Waals surface area contributed by atoms with Crippen LogP contribution in [0.1, 0.15) is 33.6 Å². The first-order valence-electron chi connectivity index (χ1n) is 5.20. The van der Waals surface area contributed by atoms with Gasteiger partial charge in [-0.2, -0.15) is 4.98 Å². The summed E-state index contributed by atoms with van der Waals surface area (Å²) in [4.78, 5) is 15.8. The predicted octanol–water partition coefficient (Wildman–Crippen LogP) is 1.52. The lowest BCUT2D eigenvalue weighted by Crippen LogP contribution is -2.23. The highest BCUT2D eigenvalue weighted by Gasteiger charge is 2.13. The van der Waals surface area contributed by atoms with E-state index < -0.39 is 0 Å². The topological polar surface area (TPSA) is 81.2 Å². The monoisotopic (exact) mass is 235 g/mol. The third-order valence-electron chi connectivity index (χ3n) is 2.26. The lowest BCUT2D eigenvalue weighted by Gasteiger charge is -1.99. The third kappa shape index (κ3) is 2.52. The van der Waals surface area contributed by atoms with Gasteiger partial charge in [0.1, 0.15) is 11.5 Å². The van der Waals surface area contributed by atoms with Crippen LogP contribution >= 0.6 is 0 Å². The number of rotatable bonds is 3. The molecule has 1 N–H and O–H groups in total. The number of hydrogen-bond acceptors (Lipinski definition) is 5. The zero-order valence-electron chi connectivity index (χ0n) is 9.90. The molecule has 0 aliphatic rings. The molecule has 1 amide bonds. The van der Waals surface area contributed by atoms with Crippen molar-refractivity contribution in [3.8, 4) is 0 Å². The summed E-state index contributed by atoms with van der Waals surface area (Å²) in [5.74, 6) is 2.03. The molecule has 0 aromatic carbocycles. The van der Waals surface area contributed by atoms with Gasteiger partial charge in [-0.05, 0) is 19.9 Å². The fourth-order valence-corrected chi connectivity index (χ4v) is 1.52. The predicted molar refractivity (Wildman–Crippen MR) is 58.4 cm³/mol. The van der Waals surface area contributed by atoms with E-state index in [9.17, 15) is 4.79 Å². The molecule has 0 unspecified atom stereocenters. The van der Waals surface area contributed by atoms with Crippen LogP contribution in [0.4, 0.5) is 0 Å². The van der Waals surface area contributed by atoms with Crippen LogP contribution in [-0.4, -0.2) is 16.0 Å². The summed E-state index contributed by atoms with van der Waals surface area (Å²) < 4.78 is 10.1. The van der Waals surface area contributed by atoms with Crippen LogP contribution in [0.3, 0.4) is 0 Å². The molecule has 0 saturated heterocycles. The van der Waals surface area contributed by atoms with Gasteiger partial charge in [0, 0.05) is 6.92 Å². The molecule has 6 heteroatoms. The van der Waals surface area contributed by atoms with Crippen molar-refractivity contribution in [3.63, 3.8) is 0 Å². The SMILES string of the molecule is Cc1cc(C(=O)NCc2noc(C)n2)c(C)o1. The van der Waals surface area contributed by atoms with Gasteiger partial charge in [0.05, 0.1) is 12.1 Å². The Morgan fingerprint density at radius 2 is 2.18 bits per heavy atom. The first-order valence-corrected chi connectivity index (χ1v) is 5.20. The van der Waals surface area contributed by atoms with E-state index in [1.807, 2.05) is 0 Å². The Balaban J connectivity index is 2.00. The molecule has 0 fully saturated rings. The van der Waals surface area contributed by atoms with Crippen molar-refractivity contribution in [3.05, 3.63) is 34.9 Å². The maximum Gasteiger partial charge on any atom is 0.255 e. The largest absolute Gasteiger partial charge is 0.466 e. The highest BCUT2D eigenvalue weighted by molar-refractivity contribution is 5.95. The highest BCUT2D eigenvalue weighted by Crippen LogP contribution is 2.13. The smallest absolute Gasteiger partial charge is 0.255 e. The van der Waals surface area contributed by atoms with E-state index in [2.05, 4.69) is 15.5 Å². The third-order valence-corrected chi connectivity index (χ3v) is 2.26. The lowest BCUT2D eigenvalue weighted by molar-refractivity contribution is 0.0948. The van der Waals surface area contributed by atoms with Crippen molar-refractivity contribution in [1.82, 2.24) is 15.5 Å². The molecule has 2 aromatic rings. The van der Waals surface area contributed by atoms with Gasteiger partial charge in [0.2, 0.25) is 5.89 Å². The van der Waals surface area contributed by atoms with E-state index in [-0.39, 0.29) is 12.5 Å². The second-order valence-electron chi connectivity index (χ2n) is 3.74. The van der Waals surface area contributed by atoms with Gasteiger partial charge in [-0.15, -0.1) is 0 Å². The van der Waals surface area contributed by atoms with Gasteiger partial charge in [-0.1, -0.05) is 5.16 Å². The quantitative estimate of drug-likeness (QED) is 0.872. The van der Waals surface area contributed by atoms with Gasteiger partial charge in [0.25, 0.3) is 5.91 Å². The molecule has 2 aromatic heterocycles. The molecule has 6 nitrogen and oxygen atoms in total. The molecule has 0 bridgehead atoms. The molecule has 17 heavy (non-hydrogen) atoms. The number of amides is 1. The summed E-state index contributed by atoms with van der Waals surface area (Å²) >= 11 is 0. The average molecular weight is 235 g/mol. The number of aromatic nitrogens is 2. The van der Waals surface area contributed by atoms with Crippen LogP contribution < -0.4 is 5.32 Å². The van der Waals surface area contributed by atoms with Gasteiger partial charge in [-0.3, -0.25) is 4.79 Å². The Morgan fingerprint density at radius 3 is 2.71 bits per heavy atom. The van der Waals surface area contributed by atoms with E-state index in [0.717, 1.165) is 0 Å². The molecule has 2 heterocycles. The lowest BCUT2D eigenvalue weighted by atomic mass is 10.2. The minimum absolute atomic E-state index is 0.207. The van der Waals surface area contributed by atoms with Crippen LogP contribution in [0.5, 0.6) is 0 Å². The van der Waals surface area contributed by atoms with Gasteiger partial charge < -0.3 is 14.3 Å². The number of nitrogens with one attached hydrogen (secondary N) is 1. The summed E-state index contributed by atoms with van der Waals surface area (Å²) in [5.41, 5.74) is 0.530. The van der Waals surface area contributed by atoms with Crippen molar-refractivity contribution in [2.75, 3.05) is 0 Å². The molecular formula is C11H13N3O3. The van der Waals surface area contributed by atoms with Crippen LogP contribution in [0, 0.1) is 20.8 Å². The minimum atomic E-state index is -0.207. The van der Waals surface area contributed by atoms with Crippen molar-refractivity contribution < 1.29 is 13.7 Å². The molecule has 0 spiro atoms. The zero-order valence-corrected chi connectivity index (χ0v) is 9.90. The molecule has 0 aliphatic heterocycles. The van der Waals surface area contributed by atoms with Crippen molar-refractivity contribution in [2.24, 2.45) is 0 Å². The number of furan rings is 1. The summed E-state index contributed by atoms with van der Waals surface area (Å²) in [6, 6.07) is 1.70. The van der Waals surface area contributed by atoms with Gasteiger partial charge in [-0.25, -0.2) is 0 Å². The van der Waals surface area contributed by atoms with Crippen LogP contribution in [0.15, 0.2) is 15.0 Å². The maximum absolute atomic E-state index is 11.8. The van der Waals surface area contributed by atoms with Crippen molar-refractivity contribution in [1.29, 1.82) is 0 Å². The zero-order chi connectivity index (χ0) is 12.4. The highest BCUT2D eigenvalue weighted by atomic mass is 16.5. The van der Waals surface area contributed by atoms with Crippen LogP contribution in [0.2, 0.25) is 0 Å². The van der Waals surface area contributed by atoms with Gasteiger partial charge in [0.15, 0.2) is 5.82 Å². The fraction of sp³-hybridized carbons (Fsp3) is 0.364. The Morgan fingerprint density at radius 1 is 1.41 bits per heavy atom. The average Bonchev–Trinajstić information content (AvgIpc) is 2.81. The van der Waals surface area contributed by atoms with Gasteiger partial charge >= 0.3 is 0 Å². The van der Waals surface area contributed by atoms with E-state index in [1.165, 1.54) is 0 Å². The normalized spacial score (nSPS) is 10.5. The summed E-state index contributed by atoms with van der Waals surface area (Å²) in [6.07, 6.45) is 0. The van der Waals surface area contributed by atoms with Crippen LogP contribution in [-0.2, 0) is 6.54 Å². The molecular weight excluding hydrogens is 222 g/mol. The standard InChI is InChI=1S/C11H13N3O3/c1-6-4-9(7(2)16-6)11(15)12-5-10-13-8(3)17-14-10/h4H,5H2,1-3H3,(H,12,15). The first-order chi connectivity index (χ1) is 8.06. The Bertz CT molecular complexity index is 542. The van der Waals surface area contributed by atoms with E-state index in [0.29, 0.717) is 28.8 Å². The number of hydrogen-bond donors (Lipinski definition) is 1. The molecule has 2 rings (SSSR count). The summed E-state index contributed by atoms with van der Waals surface area (Å²) in [5, 5.41) is 6.38. The molecule has 0 atom stereocenters. The number of carbonyl (C=O) groups is 1. The maximum atomic E-state index is 11.8. The molecule has 90 valence electrons. The van der Waals surface area contributed by atoms with Crippen LogP contribution in [0.25, 0.3) is 0 Å². The Kier molecular flexibility index (Phi) is 2.95. The molecule has 0 radical (unpaired) electrons. The first kappa shape index (κ1) is 11.4. The Labute approximate surface area is 98.0 Å². The second kappa shape index (κ2) is 4.40. The number of nitrogens with zero attached hydrogens (tertiary/aromatic N) is 2. The Hall–Kier alpha value is -2.11. The van der Waals surface area contributed by atoms with Crippen molar-refractivity contribution in [2.45, 2.75) is 27.3 Å². The van der Waals surface area contributed by atoms with E-state index in [4.69, 9.17) is 8.94 Å².